The highest BCUT2D eigenvalue weighted by atomic mass is 19.4. The first-order chi connectivity index (χ1) is 8.23. The lowest BCUT2D eigenvalue weighted by molar-refractivity contribution is -0.139. The minimum atomic E-state index is -4.75. The Kier molecular flexibility index (Phi) is 4.05. The van der Waals surface area contributed by atoms with E-state index in [0.29, 0.717) is 6.07 Å². The molecule has 100 valence electrons. The fourth-order valence-corrected chi connectivity index (χ4v) is 1.48. The summed E-state index contributed by atoms with van der Waals surface area (Å²) in [6.45, 7) is 0. The van der Waals surface area contributed by atoms with Gasteiger partial charge in [0.25, 0.3) is 0 Å². The topological polar surface area (TPSA) is 77.8 Å². The molecule has 3 N–H and O–H groups in total. The molecule has 1 aromatic carbocycles. The molecule has 7 heteroatoms. The molecule has 0 unspecified atom stereocenters. The van der Waals surface area contributed by atoms with Crippen LogP contribution in [0.3, 0.4) is 0 Å². The lowest BCUT2D eigenvalue weighted by Gasteiger charge is -2.12. The average molecular weight is 264 g/mol. The van der Waals surface area contributed by atoms with Gasteiger partial charge in [0.1, 0.15) is 5.56 Å². The second-order valence-electron chi connectivity index (χ2n) is 3.71. The first kappa shape index (κ1) is 14.1. The smallest absolute Gasteiger partial charge is 0.420 e. The summed E-state index contributed by atoms with van der Waals surface area (Å²) in [4.78, 5) is 10.3. The van der Waals surface area contributed by atoms with Crippen LogP contribution in [0, 0.1) is 0 Å². The summed E-state index contributed by atoms with van der Waals surface area (Å²) in [6, 6.07) is 1.69. The van der Waals surface area contributed by atoms with E-state index in [1.54, 1.807) is 0 Å². The van der Waals surface area contributed by atoms with Gasteiger partial charge in [-0.15, -0.1) is 0 Å². The Morgan fingerprint density at radius 3 is 2.28 bits per heavy atom. The van der Waals surface area contributed by atoms with Crippen molar-refractivity contribution >= 4 is 5.97 Å². The number of alkyl halides is 3. The Labute approximate surface area is 100 Å². The molecule has 0 bridgehead atoms. The van der Waals surface area contributed by atoms with E-state index in [-0.39, 0.29) is 24.8 Å². The summed E-state index contributed by atoms with van der Waals surface area (Å²) in [5.41, 5.74) is -1.23. The number of carbonyl (C=O) groups is 1. The second kappa shape index (κ2) is 5.16. The number of aryl methyl sites for hydroxylation is 1. The highest BCUT2D eigenvalue weighted by Crippen LogP contribution is 2.42. The van der Waals surface area contributed by atoms with Gasteiger partial charge in [0, 0.05) is 6.42 Å². The van der Waals surface area contributed by atoms with Gasteiger partial charge in [-0.3, -0.25) is 4.79 Å². The molecule has 0 saturated carbocycles. The molecule has 1 rings (SSSR count). The zero-order valence-corrected chi connectivity index (χ0v) is 9.16. The van der Waals surface area contributed by atoms with Crippen LogP contribution in [-0.4, -0.2) is 21.3 Å². The van der Waals surface area contributed by atoms with E-state index in [1.165, 1.54) is 0 Å². The zero-order valence-electron chi connectivity index (χ0n) is 9.16. The molecule has 0 amide bonds. The molecule has 1 aromatic rings. The van der Waals surface area contributed by atoms with Crippen LogP contribution in [0.15, 0.2) is 12.1 Å². The van der Waals surface area contributed by atoms with Crippen LogP contribution in [0.2, 0.25) is 0 Å². The fourth-order valence-electron chi connectivity index (χ4n) is 1.48. The van der Waals surface area contributed by atoms with Crippen molar-refractivity contribution in [3.63, 3.8) is 0 Å². The molecule has 0 aliphatic carbocycles. The zero-order chi connectivity index (χ0) is 13.9. The van der Waals surface area contributed by atoms with Crippen molar-refractivity contribution in [2.24, 2.45) is 0 Å². The Morgan fingerprint density at radius 2 is 1.78 bits per heavy atom. The molecule has 0 saturated heterocycles. The maximum Gasteiger partial charge on any atom is 0.420 e. The quantitative estimate of drug-likeness (QED) is 0.730. The molecule has 0 aliphatic heterocycles. The highest BCUT2D eigenvalue weighted by molar-refractivity contribution is 5.66. The summed E-state index contributed by atoms with van der Waals surface area (Å²) >= 11 is 0. The van der Waals surface area contributed by atoms with Crippen molar-refractivity contribution in [2.45, 2.75) is 25.4 Å². The number of carboxylic acids is 1. The average Bonchev–Trinajstić information content (AvgIpc) is 2.22. The molecule has 0 fully saturated rings. The molecule has 0 atom stereocenters. The van der Waals surface area contributed by atoms with Crippen LogP contribution in [-0.2, 0) is 17.4 Å². The Bertz CT molecular complexity index is 454. The minimum absolute atomic E-state index is 0.0732. The first-order valence-electron chi connectivity index (χ1n) is 5.06. The van der Waals surface area contributed by atoms with E-state index < -0.39 is 29.2 Å². The number of halogens is 3. The first-order valence-corrected chi connectivity index (χ1v) is 5.06. The van der Waals surface area contributed by atoms with Gasteiger partial charge < -0.3 is 15.3 Å². The number of hydrogen-bond acceptors (Lipinski definition) is 3. The van der Waals surface area contributed by atoms with Crippen LogP contribution in [0.5, 0.6) is 11.5 Å². The van der Waals surface area contributed by atoms with Crippen LogP contribution < -0.4 is 0 Å². The second-order valence-corrected chi connectivity index (χ2v) is 3.71. The number of carboxylic acid groups (broad SMARTS) is 1. The van der Waals surface area contributed by atoms with E-state index in [9.17, 15) is 28.2 Å². The SMILES string of the molecule is O=C(O)CCCc1ccc(C(F)(F)F)c(O)c1O. The van der Waals surface area contributed by atoms with Gasteiger partial charge in [-0.2, -0.15) is 13.2 Å². The highest BCUT2D eigenvalue weighted by Gasteiger charge is 2.35. The van der Waals surface area contributed by atoms with Crippen LogP contribution in [0.25, 0.3) is 0 Å². The summed E-state index contributed by atoms with van der Waals surface area (Å²) in [6.07, 6.45) is -4.68. The summed E-state index contributed by atoms with van der Waals surface area (Å²) in [7, 11) is 0. The number of hydrogen-bond donors (Lipinski definition) is 3. The summed E-state index contributed by atoms with van der Waals surface area (Å²) in [5.74, 6) is -3.11. The third kappa shape index (κ3) is 3.28. The maximum atomic E-state index is 12.4. The monoisotopic (exact) mass is 264 g/mol. The van der Waals surface area contributed by atoms with Gasteiger partial charge in [0.05, 0.1) is 0 Å². The van der Waals surface area contributed by atoms with Crippen molar-refractivity contribution in [3.8, 4) is 11.5 Å². The summed E-state index contributed by atoms with van der Waals surface area (Å²) in [5, 5.41) is 27.1. The van der Waals surface area contributed by atoms with E-state index in [1.807, 2.05) is 0 Å². The predicted octanol–water partition coefficient (Wildman–Crippen LogP) is 2.52. The molecule has 4 nitrogen and oxygen atoms in total. The number of aromatic hydroxyl groups is 2. The van der Waals surface area contributed by atoms with Gasteiger partial charge in [-0.05, 0) is 24.5 Å². The maximum absolute atomic E-state index is 12.4. The lowest BCUT2D eigenvalue weighted by atomic mass is 10.0. The lowest BCUT2D eigenvalue weighted by Crippen LogP contribution is -2.06. The summed E-state index contributed by atoms with van der Waals surface area (Å²) < 4.78 is 37.1. The Balaban J connectivity index is 2.91. The molecule has 0 aliphatic rings. The van der Waals surface area contributed by atoms with Crippen molar-refractivity contribution in [1.29, 1.82) is 0 Å². The molecule has 0 aromatic heterocycles. The van der Waals surface area contributed by atoms with E-state index in [2.05, 4.69) is 0 Å². The largest absolute Gasteiger partial charge is 0.504 e. The Hall–Kier alpha value is -1.92. The number of aliphatic carboxylic acids is 1. The third-order valence-corrected chi connectivity index (χ3v) is 2.38. The van der Waals surface area contributed by atoms with E-state index >= 15 is 0 Å². The van der Waals surface area contributed by atoms with Gasteiger partial charge >= 0.3 is 12.1 Å². The van der Waals surface area contributed by atoms with E-state index in [4.69, 9.17) is 5.11 Å². The molecule has 0 heterocycles. The fraction of sp³-hybridized carbons (Fsp3) is 0.364. The molecule has 0 radical (unpaired) electrons. The van der Waals surface area contributed by atoms with E-state index in [0.717, 1.165) is 6.07 Å². The van der Waals surface area contributed by atoms with Crippen molar-refractivity contribution < 1.29 is 33.3 Å². The van der Waals surface area contributed by atoms with Crippen molar-refractivity contribution in [2.75, 3.05) is 0 Å². The predicted molar refractivity (Wildman–Crippen MR) is 55.3 cm³/mol. The number of phenolic OH excluding ortho intramolecular Hbond substituents is 2. The molecular formula is C11H11F3O4. The van der Waals surface area contributed by atoms with Gasteiger partial charge in [-0.1, -0.05) is 6.07 Å². The number of rotatable bonds is 4. The third-order valence-electron chi connectivity index (χ3n) is 2.38. The molecule has 0 spiro atoms. The molecular weight excluding hydrogens is 253 g/mol. The number of phenols is 2. The molecule has 18 heavy (non-hydrogen) atoms. The van der Waals surface area contributed by atoms with Crippen LogP contribution in [0.1, 0.15) is 24.0 Å². The van der Waals surface area contributed by atoms with Crippen LogP contribution in [0.4, 0.5) is 13.2 Å². The van der Waals surface area contributed by atoms with Gasteiger partial charge in [0.2, 0.25) is 0 Å². The number of benzene rings is 1. The van der Waals surface area contributed by atoms with Crippen LogP contribution >= 0.6 is 0 Å². The van der Waals surface area contributed by atoms with Gasteiger partial charge in [0.15, 0.2) is 11.5 Å². The van der Waals surface area contributed by atoms with Crippen molar-refractivity contribution in [3.05, 3.63) is 23.3 Å². The van der Waals surface area contributed by atoms with Crippen molar-refractivity contribution in [1.82, 2.24) is 0 Å². The normalized spacial score (nSPS) is 11.5. The van der Waals surface area contributed by atoms with Gasteiger partial charge in [-0.25, -0.2) is 0 Å². The standard InChI is InChI=1S/C11H11F3O4/c12-11(13,14)7-5-4-6(9(17)10(7)18)2-1-3-8(15)16/h4-5,17-18H,1-3H2,(H,15,16). The minimum Gasteiger partial charge on any atom is -0.504 e. The Morgan fingerprint density at radius 1 is 1.17 bits per heavy atom.